The van der Waals surface area contributed by atoms with Crippen LogP contribution in [0.25, 0.3) is 0 Å². The molecule has 1 saturated carbocycles. The van der Waals surface area contributed by atoms with Crippen LogP contribution in [0.2, 0.25) is 10.0 Å². The molecule has 1 aliphatic carbocycles. The van der Waals surface area contributed by atoms with Gasteiger partial charge in [-0.25, -0.2) is 19.6 Å². The summed E-state index contributed by atoms with van der Waals surface area (Å²) < 4.78 is 16.1. The second-order valence-electron chi connectivity index (χ2n) is 7.96. The molecule has 0 N–H and O–H groups in total. The van der Waals surface area contributed by atoms with Crippen LogP contribution in [-0.4, -0.2) is 48.0 Å². The Morgan fingerprint density at radius 1 is 1.12 bits per heavy atom. The third-order valence-electron chi connectivity index (χ3n) is 4.42. The molecule has 2 aromatic rings. The van der Waals surface area contributed by atoms with Crippen molar-refractivity contribution in [3.63, 3.8) is 0 Å². The fraction of sp³-hybridized carbons (Fsp3) is 0.429. The van der Waals surface area contributed by atoms with E-state index in [1.165, 1.54) is 37.6 Å². The van der Waals surface area contributed by atoms with Crippen LogP contribution in [0.15, 0.2) is 18.5 Å². The van der Waals surface area contributed by atoms with Gasteiger partial charge in [0.15, 0.2) is 0 Å². The molecule has 1 aromatic carbocycles. The largest absolute Gasteiger partial charge is 0.495 e. The number of amides is 3. The average Bonchev–Trinajstić information content (AvgIpc) is 3.55. The van der Waals surface area contributed by atoms with Gasteiger partial charge in [-0.3, -0.25) is 4.90 Å². The van der Waals surface area contributed by atoms with E-state index in [0.717, 1.165) is 17.7 Å². The van der Waals surface area contributed by atoms with Crippen molar-refractivity contribution in [1.29, 1.82) is 0 Å². The highest BCUT2D eigenvalue weighted by atomic mass is 35.5. The zero-order chi connectivity index (χ0) is 23.6. The lowest BCUT2D eigenvalue weighted by molar-refractivity contribution is 0.0594. The van der Waals surface area contributed by atoms with Crippen molar-refractivity contribution in [3.05, 3.63) is 34.7 Å². The third kappa shape index (κ3) is 4.99. The van der Waals surface area contributed by atoms with E-state index in [9.17, 15) is 9.59 Å². The van der Waals surface area contributed by atoms with Crippen LogP contribution in [0.1, 0.15) is 33.6 Å². The number of nitrogens with zero attached hydrogens (tertiary/aromatic N) is 4. The number of hydrogen-bond donors (Lipinski definition) is 0. The first-order valence-corrected chi connectivity index (χ1v) is 10.5. The predicted molar refractivity (Wildman–Crippen MR) is 120 cm³/mol. The van der Waals surface area contributed by atoms with Gasteiger partial charge in [0.25, 0.3) is 0 Å². The van der Waals surface area contributed by atoms with Crippen LogP contribution in [0.5, 0.6) is 11.5 Å². The second-order valence-corrected chi connectivity index (χ2v) is 8.72. The highest BCUT2D eigenvalue weighted by Gasteiger charge is 2.42. The lowest BCUT2D eigenvalue weighted by Gasteiger charge is -2.32. The number of anilines is 2. The highest BCUT2D eigenvalue weighted by molar-refractivity contribution is 6.43. The molecule has 0 atom stereocenters. The van der Waals surface area contributed by atoms with Crippen molar-refractivity contribution in [2.24, 2.45) is 0 Å². The summed E-state index contributed by atoms with van der Waals surface area (Å²) in [5.74, 6) is 0.610. The fourth-order valence-electron chi connectivity index (χ4n) is 2.91. The van der Waals surface area contributed by atoms with Gasteiger partial charge in [0, 0.05) is 18.2 Å². The van der Waals surface area contributed by atoms with Crippen molar-refractivity contribution in [3.8, 4) is 11.5 Å². The Kier molecular flexibility index (Phi) is 7.00. The van der Waals surface area contributed by atoms with Crippen LogP contribution in [0.4, 0.5) is 21.1 Å². The van der Waals surface area contributed by atoms with Crippen LogP contribution in [-0.2, 0) is 4.74 Å². The second kappa shape index (κ2) is 9.38. The van der Waals surface area contributed by atoms with E-state index in [2.05, 4.69) is 16.2 Å². The topological polar surface area (TPSA) is 94.1 Å². The van der Waals surface area contributed by atoms with E-state index < -0.39 is 17.7 Å². The number of methoxy groups -OCH3 is 2. The maximum atomic E-state index is 13.8. The van der Waals surface area contributed by atoms with Crippen molar-refractivity contribution >= 4 is 46.8 Å². The van der Waals surface area contributed by atoms with Gasteiger partial charge in [0.1, 0.15) is 45.0 Å². The molecule has 1 aliphatic rings. The Morgan fingerprint density at radius 2 is 1.72 bits per heavy atom. The lowest BCUT2D eigenvalue weighted by atomic mass is 10.2. The van der Waals surface area contributed by atoms with Crippen molar-refractivity contribution in [1.82, 2.24) is 9.97 Å². The Labute approximate surface area is 196 Å². The molecule has 1 aromatic heterocycles. The molecular weight excluding hydrogens is 459 g/mol. The van der Waals surface area contributed by atoms with Gasteiger partial charge in [-0.05, 0) is 33.6 Å². The summed E-state index contributed by atoms with van der Waals surface area (Å²) >= 11 is 13.1. The van der Waals surface area contributed by atoms with Crippen molar-refractivity contribution in [2.45, 2.75) is 45.3 Å². The number of urea groups is 1. The normalized spacial score (nSPS) is 13.3. The Hall–Kier alpha value is -2.78. The molecule has 11 heteroatoms. The van der Waals surface area contributed by atoms with Crippen LogP contribution in [0, 0.1) is 6.20 Å². The number of carbonyl (C=O) groups excluding carboxylic acids is 2. The molecule has 3 amide bonds. The number of halogens is 2. The number of imide groups is 1. The Morgan fingerprint density at radius 3 is 2.16 bits per heavy atom. The predicted octanol–water partition coefficient (Wildman–Crippen LogP) is 5.13. The smallest absolute Gasteiger partial charge is 0.423 e. The first kappa shape index (κ1) is 23.9. The van der Waals surface area contributed by atoms with E-state index in [1.54, 1.807) is 20.8 Å². The molecular formula is C21H23Cl2N4O5. The summed E-state index contributed by atoms with van der Waals surface area (Å²) in [6.45, 7) is 5.04. The average molecular weight is 482 g/mol. The van der Waals surface area contributed by atoms with Crippen LogP contribution < -0.4 is 19.3 Å². The van der Waals surface area contributed by atoms with E-state index >= 15 is 0 Å². The van der Waals surface area contributed by atoms with E-state index in [1.807, 2.05) is 0 Å². The third-order valence-corrected chi connectivity index (χ3v) is 5.15. The van der Waals surface area contributed by atoms with Gasteiger partial charge >= 0.3 is 12.1 Å². The maximum Gasteiger partial charge on any atom is 0.423 e. The lowest BCUT2D eigenvalue weighted by Crippen LogP contribution is -2.50. The van der Waals surface area contributed by atoms with E-state index in [4.69, 9.17) is 37.4 Å². The number of benzene rings is 1. The first-order valence-electron chi connectivity index (χ1n) is 9.73. The molecule has 9 nitrogen and oxygen atoms in total. The molecule has 0 unspecified atom stereocenters. The maximum absolute atomic E-state index is 13.8. The van der Waals surface area contributed by atoms with Crippen LogP contribution >= 0.6 is 23.2 Å². The molecule has 32 heavy (non-hydrogen) atoms. The number of rotatable bonds is 5. The zero-order valence-corrected chi connectivity index (χ0v) is 19.8. The summed E-state index contributed by atoms with van der Waals surface area (Å²) in [4.78, 5) is 37.2. The molecule has 0 aliphatic heterocycles. The summed E-state index contributed by atoms with van der Waals surface area (Å²) in [6, 6.07) is 2.01. The number of aromatic nitrogens is 2. The minimum Gasteiger partial charge on any atom is -0.495 e. The zero-order valence-electron chi connectivity index (χ0n) is 18.3. The Balaban J connectivity index is 2.19. The molecule has 171 valence electrons. The summed E-state index contributed by atoms with van der Waals surface area (Å²) in [5, 5.41) is -0.106. The monoisotopic (exact) mass is 481 g/mol. The van der Waals surface area contributed by atoms with Gasteiger partial charge in [-0.15, -0.1) is 0 Å². The highest BCUT2D eigenvalue weighted by Crippen LogP contribution is 2.47. The van der Waals surface area contributed by atoms with Gasteiger partial charge < -0.3 is 14.2 Å². The number of ether oxygens (including phenoxy) is 3. The molecule has 3 rings (SSSR count). The van der Waals surface area contributed by atoms with Crippen LogP contribution in [0.3, 0.4) is 0 Å². The molecule has 0 bridgehead atoms. The summed E-state index contributed by atoms with van der Waals surface area (Å²) in [7, 11) is 2.79. The van der Waals surface area contributed by atoms with E-state index in [0.29, 0.717) is 0 Å². The minimum atomic E-state index is -0.967. The fourth-order valence-corrected chi connectivity index (χ4v) is 3.58. The minimum absolute atomic E-state index is 0.0532. The van der Waals surface area contributed by atoms with Crippen molar-refractivity contribution in [2.75, 3.05) is 24.0 Å². The SMILES string of the molecule is COc1cc(OC)c(Cl)c(N(C(=O)OC(C)(C)C)C(=O)N(c2c[c]ncn2)C2CC2)c1Cl. The van der Waals surface area contributed by atoms with Gasteiger partial charge in [0.2, 0.25) is 0 Å². The Bertz CT molecular complexity index is 981. The summed E-state index contributed by atoms with van der Waals surface area (Å²) in [6.07, 6.45) is 4.43. The molecule has 1 heterocycles. The van der Waals surface area contributed by atoms with E-state index in [-0.39, 0.29) is 39.1 Å². The molecule has 1 fully saturated rings. The molecule has 0 saturated heterocycles. The van der Waals surface area contributed by atoms with Gasteiger partial charge in [0.05, 0.1) is 20.4 Å². The van der Waals surface area contributed by atoms with Crippen molar-refractivity contribution < 1.29 is 23.8 Å². The number of hydrogen-bond acceptors (Lipinski definition) is 7. The van der Waals surface area contributed by atoms with Gasteiger partial charge in [-0.1, -0.05) is 23.2 Å². The summed E-state index contributed by atoms with van der Waals surface area (Å²) in [5.41, 5.74) is -1.02. The molecule has 1 radical (unpaired) electrons. The van der Waals surface area contributed by atoms with Gasteiger partial charge in [-0.2, -0.15) is 4.90 Å². The quantitative estimate of drug-likeness (QED) is 0.583. The molecule has 0 spiro atoms. The number of carbonyl (C=O) groups is 2. The standard InChI is InChI=1S/C21H23Cl2N4O5/c1-21(2,3)32-20(29)27(18-16(22)13(30-4)10-14(31-5)17(18)23)19(28)26(12-6-7-12)15-8-9-24-11-25-15/h8,10-12H,6-7H2,1-5H3. The first-order chi connectivity index (χ1) is 15.1.